The fraction of sp³-hybridized carbons (Fsp3) is 0.200. The van der Waals surface area contributed by atoms with E-state index in [1.165, 1.54) is 32.5 Å². The lowest BCUT2D eigenvalue weighted by atomic mass is 10.3. The molecular formula is C15H17BrN4O5. The zero-order chi connectivity index (χ0) is 17.4. The number of pyridine rings is 2. The van der Waals surface area contributed by atoms with Crippen molar-refractivity contribution < 1.29 is 25.2 Å². The molecule has 0 aliphatic carbocycles. The molecule has 0 unspecified atom stereocenters. The van der Waals surface area contributed by atoms with Gasteiger partial charge in [0, 0.05) is 18.3 Å². The van der Waals surface area contributed by atoms with Gasteiger partial charge in [-0.25, -0.2) is 9.97 Å². The van der Waals surface area contributed by atoms with Gasteiger partial charge in [-0.3, -0.25) is 0 Å². The lowest BCUT2D eigenvalue weighted by Gasteiger charge is -2.03. The summed E-state index contributed by atoms with van der Waals surface area (Å²) in [5.41, 5.74) is -0.0782. The summed E-state index contributed by atoms with van der Waals surface area (Å²) in [5.74, 6) is 0.0469. The molecule has 0 atom stereocenters. The molecule has 10 heteroatoms. The highest BCUT2D eigenvalue weighted by Crippen LogP contribution is 2.30. The number of nitrogens with zero attached hydrogens (tertiary/aromatic N) is 4. The molecule has 2 aromatic rings. The average molecular weight is 413 g/mol. The predicted molar refractivity (Wildman–Crippen MR) is 92.4 cm³/mol. The first-order valence-corrected chi connectivity index (χ1v) is 6.73. The van der Waals surface area contributed by atoms with Crippen LogP contribution in [0.3, 0.4) is 0 Å². The Hall–Kier alpha value is -3.08. The molecule has 2 aromatic heterocycles. The number of methoxy groups -OCH3 is 2. The number of rotatable bonds is 2. The van der Waals surface area contributed by atoms with Crippen molar-refractivity contribution >= 4 is 15.9 Å². The fourth-order valence-electron chi connectivity index (χ4n) is 1.40. The van der Waals surface area contributed by atoms with Crippen molar-refractivity contribution in [2.24, 2.45) is 0 Å². The van der Waals surface area contributed by atoms with Crippen LogP contribution in [0.5, 0.6) is 23.0 Å². The van der Waals surface area contributed by atoms with Gasteiger partial charge in [-0.15, -0.1) is 0 Å². The lowest BCUT2D eigenvalue weighted by molar-refractivity contribution is 0.370. The Balaban J connectivity index is 0. The van der Waals surface area contributed by atoms with Crippen molar-refractivity contribution in [1.82, 2.24) is 9.97 Å². The predicted octanol–water partition coefficient (Wildman–Crippen LogP) is 1.91. The summed E-state index contributed by atoms with van der Waals surface area (Å²) < 4.78 is 10.00. The Morgan fingerprint density at radius 3 is 2.04 bits per heavy atom. The van der Waals surface area contributed by atoms with Crippen LogP contribution < -0.4 is 9.47 Å². The van der Waals surface area contributed by atoms with Gasteiger partial charge in [0.2, 0.25) is 0 Å². The van der Waals surface area contributed by atoms with Crippen molar-refractivity contribution in [1.29, 1.82) is 10.5 Å². The number of aromatic hydroxyl groups is 2. The number of hydrogen-bond donors (Lipinski definition) is 2. The van der Waals surface area contributed by atoms with Crippen LogP contribution in [0, 0.1) is 22.7 Å². The molecule has 0 fully saturated rings. The minimum Gasteiger partial charge on any atom is -0.502 e. The maximum atomic E-state index is 9.28. The van der Waals surface area contributed by atoms with E-state index in [2.05, 4.69) is 25.9 Å². The van der Waals surface area contributed by atoms with Crippen LogP contribution in [0.15, 0.2) is 22.9 Å². The summed E-state index contributed by atoms with van der Waals surface area (Å²) in [6.45, 7) is 0. The molecule has 0 radical (unpaired) electrons. The van der Waals surface area contributed by atoms with Crippen LogP contribution in [-0.2, 0) is 0 Å². The molecule has 0 spiro atoms. The Morgan fingerprint density at radius 2 is 1.56 bits per heavy atom. The van der Waals surface area contributed by atoms with Gasteiger partial charge in [0.05, 0.1) is 14.2 Å². The smallest absolute Gasteiger partial charge is 0.195 e. The molecule has 0 aliphatic rings. The van der Waals surface area contributed by atoms with Crippen LogP contribution in [0.25, 0.3) is 0 Å². The number of halogens is 1. The van der Waals surface area contributed by atoms with Gasteiger partial charge < -0.3 is 25.2 Å². The molecule has 9 nitrogen and oxygen atoms in total. The molecule has 4 N–H and O–H groups in total. The van der Waals surface area contributed by atoms with Crippen molar-refractivity contribution in [3.63, 3.8) is 0 Å². The average Bonchev–Trinajstić information content (AvgIpc) is 2.57. The van der Waals surface area contributed by atoms with Crippen molar-refractivity contribution in [3.05, 3.63) is 34.3 Å². The van der Waals surface area contributed by atoms with Gasteiger partial charge in [0.15, 0.2) is 34.4 Å². The summed E-state index contributed by atoms with van der Waals surface area (Å²) >= 11 is 3.08. The van der Waals surface area contributed by atoms with Gasteiger partial charge in [-0.1, -0.05) is 7.43 Å². The maximum Gasteiger partial charge on any atom is 0.195 e. The van der Waals surface area contributed by atoms with E-state index in [0.717, 1.165) is 0 Å². The molecule has 2 rings (SSSR count). The van der Waals surface area contributed by atoms with Crippen LogP contribution in [-0.4, -0.2) is 39.9 Å². The zero-order valence-electron chi connectivity index (χ0n) is 12.6. The van der Waals surface area contributed by atoms with E-state index in [1.807, 2.05) is 0 Å². The molecule has 0 bridgehead atoms. The van der Waals surface area contributed by atoms with Crippen LogP contribution in [0.2, 0.25) is 0 Å². The fourth-order valence-corrected chi connectivity index (χ4v) is 1.79. The molecule has 134 valence electrons. The Labute approximate surface area is 153 Å². The lowest BCUT2D eigenvalue weighted by Crippen LogP contribution is -1.90. The standard InChI is InChI=1S/C7H5BrN2O2.C7H6N2O2.CH4.H2O/c1-12-5-2-6(8)10-4(3-9)7(5)11;1-11-6-2-3-9-5(4-8)7(6)10;;/h2,11H,1H3;2-3,10H,1H3;1H4;1H2. The normalized spacial score (nSPS) is 8.20. The van der Waals surface area contributed by atoms with E-state index in [-0.39, 0.29) is 47.3 Å². The third-order valence-corrected chi connectivity index (χ3v) is 2.87. The minimum absolute atomic E-state index is 0. The minimum atomic E-state index is -0.233. The molecule has 0 saturated carbocycles. The van der Waals surface area contributed by atoms with E-state index in [4.69, 9.17) is 20.0 Å². The van der Waals surface area contributed by atoms with Gasteiger partial charge >= 0.3 is 0 Å². The SMILES string of the molecule is C.COc1cc(Br)nc(C#N)c1O.COc1ccnc(C#N)c1O.O. The first-order valence-electron chi connectivity index (χ1n) is 5.94. The van der Waals surface area contributed by atoms with Crippen LogP contribution in [0.1, 0.15) is 18.8 Å². The summed E-state index contributed by atoms with van der Waals surface area (Å²) in [6, 6.07) is 6.43. The maximum absolute atomic E-state index is 9.28. The highest BCUT2D eigenvalue weighted by atomic mass is 79.9. The van der Waals surface area contributed by atoms with Gasteiger partial charge in [-0.2, -0.15) is 10.5 Å². The summed E-state index contributed by atoms with van der Waals surface area (Å²) in [4.78, 5) is 7.34. The second kappa shape index (κ2) is 11.5. The Morgan fingerprint density at radius 1 is 1.04 bits per heavy atom. The van der Waals surface area contributed by atoms with Crippen LogP contribution in [0.4, 0.5) is 0 Å². The van der Waals surface area contributed by atoms with Crippen molar-refractivity contribution in [3.8, 4) is 35.1 Å². The Kier molecular flexibility index (Phi) is 11.1. The molecule has 0 amide bonds. The Bertz CT molecular complexity index is 787. The second-order valence-corrected chi connectivity index (χ2v) is 4.59. The first-order chi connectivity index (χ1) is 11.0. The molecule has 0 saturated heterocycles. The molecule has 25 heavy (non-hydrogen) atoms. The van der Waals surface area contributed by atoms with E-state index < -0.39 is 0 Å². The molecular weight excluding hydrogens is 396 g/mol. The topological polar surface area (TPSA) is 164 Å². The van der Waals surface area contributed by atoms with E-state index in [9.17, 15) is 10.2 Å². The number of aromatic nitrogens is 2. The van der Waals surface area contributed by atoms with Gasteiger partial charge in [-0.05, 0) is 15.9 Å². The highest BCUT2D eigenvalue weighted by molar-refractivity contribution is 9.10. The largest absolute Gasteiger partial charge is 0.502 e. The summed E-state index contributed by atoms with van der Waals surface area (Å²) in [7, 11) is 2.82. The quantitative estimate of drug-likeness (QED) is 0.705. The summed E-state index contributed by atoms with van der Waals surface area (Å²) in [5, 5.41) is 35.4. The molecule has 0 aromatic carbocycles. The van der Waals surface area contributed by atoms with E-state index in [1.54, 1.807) is 12.1 Å². The highest BCUT2D eigenvalue weighted by Gasteiger charge is 2.10. The number of nitriles is 2. The second-order valence-electron chi connectivity index (χ2n) is 3.78. The van der Waals surface area contributed by atoms with E-state index in [0.29, 0.717) is 4.60 Å². The van der Waals surface area contributed by atoms with Crippen LogP contribution >= 0.6 is 15.9 Å². The van der Waals surface area contributed by atoms with Crippen molar-refractivity contribution in [2.45, 2.75) is 7.43 Å². The monoisotopic (exact) mass is 412 g/mol. The first kappa shape index (κ1) is 24.2. The van der Waals surface area contributed by atoms with E-state index >= 15 is 0 Å². The summed E-state index contributed by atoms with van der Waals surface area (Å²) in [6.07, 6.45) is 1.40. The number of ether oxygens (including phenoxy) is 2. The number of hydrogen-bond acceptors (Lipinski definition) is 8. The van der Waals surface area contributed by atoms with Gasteiger partial charge in [0.25, 0.3) is 0 Å². The molecule has 2 heterocycles. The molecule has 0 aliphatic heterocycles. The zero-order valence-corrected chi connectivity index (χ0v) is 14.2. The van der Waals surface area contributed by atoms with Crippen molar-refractivity contribution in [2.75, 3.05) is 14.2 Å². The third-order valence-electron chi connectivity index (χ3n) is 2.47. The van der Waals surface area contributed by atoms with Gasteiger partial charge in [0.1, 0.15) is 16.7 Å². The third kappa shape index (κ3) is 6.14.